The highest BCUT2D eigenvalue weighted by molar-refractivity contribution is 5.77. The highest BCUT2D eigenvalue weighted by atomic mass is 16.3. The number of nitrogens with two attached hydrogens (primary N) is 1. The van der Waals surface area contributed by atoms with Gasteiger partial charge in [-0.05, 0) is 19.3 Å². The molecule has 100 valence electrons. The van der Waals surface area contributed by atoms with Crippen molar-refractivity contribution >= 4 is 5.91 Å². The van der Waals surface area contributed by atoms with Crippen molar-refractivity contribution in [3.05, 3.63) is 0 Å². The minimum atomic E-state index is -0.374. The number of aliphatic hydroxyl groups excluding tert-OH is 1. The third-order valence-electron chi connectivity index (χ3n) is 3.62. The molecule has 4 N–H and O–H groups in total. The molecule has 1 saturated carbocycles. The molecule has 1 unspecified atom stereocenters. The van der Waals surface area contributed by atoms with E-state index in [9.17, 15) is 9.90 Å². The zero-order chi connectivity index (χ0) is 12.7. The first kappa shape index (κ1) is 14.5. The Hall–Kier alpha value is -0.610. The molecule has 0 aromatic rings. The molecule has 4 nitrogen and oxygen atoms in total. The van der Waals surface area contributed by atoms with Gasteiger partial charge in [0.25, 0.3) is 0 Å². The van der Waals surface area contributed by atoms with E-state index in [-0.39, 0.29) is 24.1 Å². The number of aliphatic hydroxyl groups is 1. The van der Waals surface area contributed by atoms with E-state index in [4.69, 9.17) is 5.73 Å². The molecule has 17 heavy (non-hydrogen) atoms. The van der Waals surface area contributed by atoms with Crippen molar-refractivity contribution in [3.8, 4) is 0 Å². The third-order valence-corrected chi connectivity index (χ3v) is 3.62. The van der Waals surface area contributed by atoms with E-state index in [2.05, 4.69) is 12.2 Å². The number of hydrogen-bond donors (Lipinski definition) is 3. The highest BCUT2D eigenvalue weighted by Crippen LogP contribution is 2.27. The minimum Gasteiger partial charge on any atom is -0.394 e. The first-order valence-electron chi connectivity index (χ1n) is 6.79. The van der Waals surface area contributed by atoms with Crippen LogP contribution in [0.2, 0.25) is 0 Å². The lowest BCUT2D eigenvalue weighted by molar-refractivity contribution is -0.124. The molecule has 0 aromatic carbocycles. The fourth-order valence-electron chi connectivity index (χ4n) is 2.61. The van der Waals surface area contributed by atoms with Crippen molar-refractivity contribution in [1.82, 2.24) is 5.32 Å². The fraction of sp³-hybridized carbons (Fsp3) is 0.923. The van der Waals surface area contributed by atoms with Crippen LogP contribution in [0.4, 0.5) is 0 Å². The molecule has 4 heteroatoms. The molecular weight excluding hydrogens is 216 g/mol. The van der Waals surface area contributed by atoms with Gasteiger partial charge >= 0.3 is 0 Å². The van der Waals surface area contributed by atoms with Gasteiger partial charge in [-0.3, -0.25) is 4.79 Å². The Bertz CT molecular complexity index is 238. The van der Waals surface area contributed by atoms with Crippen LogP contribution in [0.3, 0.4) is 0 Å². The monoisotopic (exact) mass is 242 g/mol. The maximum absolute atomic E-state index is 11.9. The molecule has 1 rings (SSSR count). The molecule has 0 saturated heterocycles. The van der Waals surface area contributed by atoms with Crippen LogP contribution >= 0.6 is 0 Å². The van der Waals surface area contributed by atoms with E-state index >= 15 is 0 Å². The van der Waals surface area contributed by atoms with Gasteiger partial charge in [-0.25, -0.2) is 0 Å². The number of carbonyl (C=O) groups excluding carboxylic acids is 1. The van der Waals surface area contributed by atoms with Gasteiger partial charge in [0, 0.05) is 12.5 Å². The van der Waals surface area contributed by atoms with Crippen LogP contribution in [0.1, 0.15) is 58.3 Å². The quantitative estimate of drug-likeness (QED) is 0.657. The largest absolute Gasteiger partial charge is 0.394 e. The lowest BCUT2D eigenvalue weighted by Crippen LogP contribution is -2.53. The SMILES string of the molecule is CCCC(N)CC(=O)NC1(CO)CCCCC1. The molecule has 1 fully saturated rings. The summed E-state index contributed by atoms with van der Waals surface area (Å²) in [5.41, 5.74) is 5.48. The Morgan fingerprint density at radius 2 is 2.06 bits per heavy atom. The van der Waals surface area contributed by atoms with E-state index in [1.165, 1.54) is 6.42 Å². The maximum Gasteiger partial charge on any atom is 0.222 e. The Labute approximate surface area is 104 Å². The average molecular weight is 242 g/mol. The van der Waals surface area contributed by atoms with Crippen LogP contribution < -0.4 is 11.1 Å². The van der Waals surface area contributed by atoms with Gasteiger partial charge < -0.3 is 16.2 Å². The van der Waals surface area contributed by atoms with Crippen LogP contribution in [-0.4, -0.2) is 29.2 Å². The minimum absolute atomic E-state index is 0.0121. The first-order chi connectivity index (χ1) is 8.12. The van der Waals surface area contributed by atoms with Gasteiger partial charge in [-0.1, -0.05) is 32.6 Å². The summed E-state index contributed by atoms with van der Waals surface area (Å²) in [6, 6.07) is -0.0562. The second kappa shape index (κ2) is 6.97. The number of nitrogens with one attached hydrogen (secondary N) is 1. The molecule has 1 aliphatic rings. The second-order valence-corrected chi connectivity index (χ2v) is 5.30. The normalized spacial score (nSPS) is 20.9. The van der Waals surface area contributed by atoms with Crippen LogP contribution in [0, 0.1) is 0 Å². The summed E-state index contributed by atoms with van der Waals surface area (Å²) in [5, 5.41) is 12.5. The van der Waals surface area contributed by atoms with Gasteiger partial charge in [0.1, 0.15) is 0 Å². The average Bonchev–Trinajstić information content (AvgIpc) is 2.30. The van der Waals surface area contributed by atoms with E-state index in [1.54, 1.807) is 0 Å². The van der Waals surface area contributed by atoms with Crippen LogP contribution in [0.25, 0.3) is 0 Å². The smallest absolute Gasteiger partial charge is 0.222 e. The van der Waals surface area contributed by atoms with Crippen molar-refractivity contribution in [2.75, 3.05) is 6.61 Å². The van der Waals surface area contributed by atoms with Crippen LogP contribution in [-0.2, 0) is 4.79 Å². The molecule has 0 spiro atoms. The predicted molar refractivity (Wildman–Crippen MR) is 68.5 cm³/mol. The van der Waals surface area contributed by atoms with Gasteiger partial charge in [-0.15, -0.1) is 0 Å². The third kappa shape index (κ3) is 4.64. The van der Waals surface area contributed by atoms with E-state index in [1.807, 2.05) is 0 Å². The van der Waals surface area contributed by atoms with Crippen molar-refractivity contribution in [2.45, 2.75) is 69.9 Å². The lowest BCUT2D eigenvalue weighted by Gasteiger charge is -2.36. The van der Waals surface area contributed by atoms with Gasteiger partial charge in [0.2, 0.25) is 5.91 Å². The van der Waals surface area contributed by atoms with E-state index < -0.39 is 0 Å². The summed E-state index contributed by atoms with van der Waals surface area (Å²) in [6.45, 7) is 2.11. The molecular formula is C13H26N2O2. The number of amides is 1. The summed E-state index contributed by atoms with van der Waals surface area (Å²) in [5.74, 6) is -0.0121. The highest BCUT2D eigenvalue weighted by Gasteiger charge is 2.32. The molecule has 0 aliphatic heterocycles. The predicted octanol–water partition coefficient (Wildman–Crippen LogP) is 1.32. The first-order valence-corrected chi connectivity index (χ1v) is 6.79. The summed E-state index contributed by atoms with van der Waals surface area (Å²) < 4.78 is 0. The van der Waals surface area contributed by atoms with E-state index in [0.717, 1.165) is 38.5 Å². The number of hydrogen-bond acceptors (Lipinski definition) is 3. The topological polar surface area (TPSA) is 75.4 Å². The Balaban J connectivity index is 2.41. The van der Waals surface area contributed by atoms with Crippen LogP contribution in [0.15, 0.2) is 0 Å². The molecule has 1 atom stereocenters. The standard InChI is InChI=1S/C13H26N2O2/c1-2-6-11(14)9-12(17)15-13(10-16)7-4-3-5-8-13/h11,16H,2-10,14H2,1H3,(H,15,17). The molecule has 0 radical (unpaired) electrons. The number of carbonyl (C=O) groups is 1. The summed E-state index contributed by atoms with van der Waals surface area (Å²) >= 11 is 0. The number of rotatable bonds is 6. The summed E-state index contributed by atoms with van der Waals surface area (Å²) in [7, 11) is 0. The molecule has 1 aliphatic carbocycles. The zero-order valence-corrected chi connectivity index (χ0v) is 10.9. The van der Waals surface area contributed by atoms with Crippen molar-refractivity contribution in [1.29, 1.82) is 0 Å². The fourth-order valence-corrected chi connectivity index (χ4v) is 2.61. The van der Waals surface area contributed by atoms with Crippen molar-refractivity contribution in [2.24, 2.45) is 5.73 Å². The maximum atomic E-state index is 11.9. The zero-order valence-electron chi connectivity index (χ0n) is 10.9. The van der Waals surface area contributed by atoms with E-state index in [0.29, 0.717) is 6.42 Å². The van der Waals surface area contributed by atoms with Crippen molar-refractivity contribution in [3.63, 3.8) is 0 Å². The summed E-state index contributed by atoms with van der Waals surface area (Å²) in [4.78, 5) is 11.9. The lowest BCUT2D eigenvalue weighted by atomic mass is 9.82. The van der Waals surface area contributed by atoms with Gasteiger partial charge in [0.15, 0.2) is 0 Å². The molecule has 0 bridgehead atoms. The summed E-state index contributed by atoms with van der Waals surface area (Å²) in [6.07, 6.45) is 7.39. The second-order valence-electron chi connectivity index (χ2n) is 5.30. The molecule has 0 aromatic heterocycles. The Morgan fingerprint density at radius 3 is 2.59 bits per heavy atom. The van der Waals surface area contributed by atoms with Gasteiger partial charge in [0.05, 0.1) is 12.1 Å². The van der Waals surface area contributed by atoms with Crippen LogP contribution in [0.5, 0.6) is 0 Å². The van der Waals surface area contributed by atoms with Gasteiger partial charge in [-0.2, -0.15) is 0 Å². The Kier molecular flexibility index (Phi) is 5.92. The molecule has 1 amide bonds. The Morgan fingerprint density at radius 1 is 1.41 bits per heavy atom. The molecule has 0 heterocycles. The van der Waals surface area contributed by atoms with Crippen molar-refractivity contribution < 1.29 is 9.90 Å².